The summed E-state index contributed by atoms with van der Waals surface area (Å²) in [6.07, 6.45) is 0. The Morgan fingerprint density at radius 2 is 1.90 bits per heavy atom. The van der Waals surface area contributed by atoms with Crippen molar-refractivity contribution in [3.05, 3.63) is 59.5 Å². The SMILES string of the molecule is CC(C)NCc1cccc(-c2cccc3ccsc23)c1. The van der Waals surface area contributed by atoms with Crippen LogP contribution in [0.25, 0.3) is 21.2 Å². The van der Waals surface area contributed by atoms with Gasteiger partial charge in [-0.1, -0.05) is 50.2 Å². The molecule has 1 aromatic heterocycles. The van der Waals surface area contributed by atoms with Crippen LogP contribution in [-0.4, -0.2) is 6.04 Å². The number of rotatable bonds is 4. The zero-order chi connectivity index (χ0) is 13.9. The lowest BCUT2D eigenvalue weighted by Gasteiger charge is -2.10. The average molecular weight is 281 g/mol. The molecule has 2 aromatic carbocycles. The van der Waals surface area contributed by atoms with E-state index in [0.29, 0.717) is 6.04 Å². The Morgan fingerprint density at radius 1 is 1.05 bits per heavy atom. The summed E-state index contributed by atoms with van der Waals surface area (Å²) in [5.74, 6) is 0. The Balaban J connectivity index is 1.97. The molecule has 1 nitrogen and oxygen atoms in total. The van der Waals surface area contributed by atoms with Crippen molar-refractivity contribution in [2.75, 3.05) is 0 Å². The van der Waals surface area contributed by atoms with Crippen LogP contribution in [0.5, 0.6) is 0 Å². The second-order valence-corrected chi connectivity index (χ2v) is 6.30. The van der Waals surface area contributed by atoms with E-state index in [0.717, 1.165) is 6.54 Å². The molecule has 0 aliphatic rings. The van der Waals surface area contributed by atoms with Crippen molar-refractivity contribution in [3.8, 4) is 11.1 Å². The fourth-order valence-electron chi connectivity index (χ4n) is 2.39. The Bertz CT molecular complexity index is 712. The third kappa shape index (κ3) is 2.77. The van der Waals surface area contributed by atoms with E-state index >= 15 is 0 Å². The van der Waals surface area contributed by atoms with E-state index in [9.17, 15) is 0 Å². The topological polar surface area (TPSA) is 12.0 Å². The van der Waals surface area contributed by atoms with E-state index in [1.807, 2.05) is 11.3 Å². The van der Waals surface area contributed by atoms with Gasteiger partial charge in [0, 0.05) is 17.3 Å². The monoisotopic (exact) mass is 281 g/mol. The molecule has 0 fully saturated rings. The first-order valence-electron chi connectivity index (χ1n) is 7.03. The largest absolute Gasteiger partial charge is 0.310 e. The van der Waals surface area contributed by atoms with E-state index < -0.39 is 0 Å². The Morgan fingerprint density at radius 3 is 2.75 bits per heavy atom. The van der Waals surface area contributed by atoms with Crippen LogP contribution in [0.1, 0.15) is 19.4 Å². The Hall–Kier alpha value is -1.64. The van der Waals surface area contributed by atoms with Gasteiger partial charge in [-0.25, -0.2) is 0 Å². The maximum absolute atomic E-state index is 3.48. The van der Waals surface area contributed by atoms with Crippen LogP contribution in [0.4, 0.5) is 0 Å². The lowest BCUT2D eigenvalue weighted by molar-refractivity contribution is 0.589. The summed E-state index contributed by atoms with van der Waals surface area (Å²) in [5.41, 5.74) is 3.98. The average Bonchev–Trinajstić information content (AvgIpc) is 2.93. The molecule has 0 saturated heterocycles. The van der Waals surface area contributed by atoms with Crippen LogP contribution in [0.15, 0.2) is 53.9 Å². The molecule has 3 aromatic rings. The fraction of sp³-hybridized carbons (Fsp3) is 0.222. The summed E-state index contributed by atoms with van der Waals surface area (Å²) < 4.78 is 1.38. The smallest absolute Gasteiger partial charge is 0.0421 e. The van der Waals surface area contributed by atoms with Gasteiger partial charge < -0.3 is 5.32 Å². The molecular weight excluding hydrogens is 262 g/mol. The molecule has 0 amide bonds. The molecule has 0 spiro atoms. The summed E-state index contributed by atoms with van der Waals surface area (Å²) in [6.45, 7) is 5.28. The first-order valence-corrected chi connectivity index (χ1v) is 7.91. The molecule has 3 rings (SSSR count). The molecule has 1 heterocycles. The molecule has 2 heteroatoms. The minimum Gasteiger partial charge on any atom is -0.310 e. The van der Waals surface area contributed by atoms with E-state index in [4.69, 9.17) is 0 Å². The van der Waals surface area contributed by atoms with Gasteiger partial charge in [-0.15, -0.1) is 11.3 Å². The lowest BCUT2D eigenvalue weighted by atomic mass is 10.0. The van der Waals surface area contributed by atoms with Crippen molar-refractivity contribution in [2.24, 2.45) is 0 Å². The van der Waals surface area contributed by atoms with E-state index in [-0.39, 0.29) is 0 Å². The first-order chi connectivity index (χ1) is 9.74. The highest BCUT2D eigenvalue weighted by Crippen LogP contribution is 2.32. The zero-order valence-electron chi connectivity index (χ0n) is 11.9. The molecule has 0 aliphatic heterocycles. The molecule has 20 heavy (non-hydrogen) atoms. The predicted octanol–water partition coefficient (Wildman–Crippen LogP) is 5.07. The highest BCUT2D eigenvalue weighted by Gasteiger charge is 2.05. The van der Waals surface area contributed by atoms with Gasteiger partial charge in [0.15, 0.2) is 0 Å². The van der Waals surface area contributed by atoms with Crippen molar-refractivity contribution in [1.29, 1.82) is 0 Å². The zero-order valence-corrected chi connectivity index (χ0v) is 12.7. The van der Waals surface area contributed by atoms with Gasteiger partial charge in [0.2, 0.25) is 0 Å². The summed E-state index contributed by atoms with van der Waals surface area (Å²) in [5, 5.41) is 6.97. The second-order valence-electron chi connectivity index (χ2n) is 5.38. The number of benzene rings is 2. The Kier molecular flexibility index (Phi) is 3.86. The Labute approximate surface area is 124 Å². The number of thiophene rings is 1. The summed E-state index contributed by atoms with van der Waals surface area (Å²) >= 11 is 1.82. The third-order valence-corrected chi connectivity index (χ3v) is 4.39. The van der Waals surface area contributed by atoms with Crippen LogP contribution in [0.2, 0.25) is 0 Å². The summed E-state index contributed by atoms with van der Waals surface area (Å²) in [6, 6.07) is 18.1. The standard InChI is InChI=1S/C18H19NS/c1-13(2)19-12-14-5-3-7-16(11-14)17-8-4-6-15-9-10-20-18(15)17/h3-11,13,19H,12H2,1-2H3. The predicted molar refractivity (Wildman–Crippen MR) is 89.2 cm³/mol. The maximum Gasteiger partial charge on any atom is 0.0421 e. The molecule has 102 valence electrons. The third-order valence-electron chi connectivity index (χ3n) is 3.43. The number of hydrogen-bond acceptors (Lipinski definition) is 2. The molecular formula is C18H19NS. The molecule has 1 N–H and O–H groups in total. The van der Waals surface area contributed by atoms with E-state index in [2.05, 4.69) is 73.1 Å². The van der Waals surface area contributed by atoms with Crippen molar-refractivity contribution in [3.63, 3.8) is 0 Å². The summed E-state index contributed by atoms with van der Waals surface area (Å²) in [4.78, 5) is 0. The first kappa shape index (κ1) is 13.3. The van der Waals surface area contributed by atoms with Crippen molar-refractivity contribution < 1.29 is 0 Å². The highest BCUT2D eigenvalue weighted by molar-refractivity contribution is 7.17. The number of hydrogen-bond donors (Lipinski definition) is 1. The lowest BCUT2D eigenvalue weighted by Crippen LogP contribution is -2.21. The van der Waals surface area contributed by atoms with E-state index in [1.165, 1.54) is 26.8 Å². The summed E-state index contributed by atoms with van der Waals surface area (Å²) in [7, 11) is 0. The van der Waals surface area contributed by atoms with Crippen LogP contribution in [0.3, 0.4) is 0 Å². The molecule has 0 saturated carbocycles. The van der Waals surface area contributed by atoms with E-state index in [1.54, 1.807) is 0 Å². The fourth-order valence-corrected chi connectivity index (χ4v) is 3.33. The molecule has 0 aliphatic carbocycles. The van der Waals surface area contributed by atoms with Crippen LogP contribution < -0.4 is 5.32 Å². The molecule has 0 unspecified atom stereocenters. The number of nitrogens with one attached hydrogen (secondary N) is 1. The van der Waals surface area contributed by atoms with Crippen molar-refractivity contribution in [2.45, 2.75) is 26.4 Å². The molecule has 0 radical (unpaired) electrons. The van der Waals surface area contributed by atoms with Gasteiger partial charge in [-0.05, 0) is 39.6 Å². The number of fused-ring (bicyclic) bond motifs is 1. The minimum atomic E-state index is 0.513. The van der Waals surface area contributed by atoms with Gasteiger partial charge in [-0.2, -0.15) is 0 Å². The normalized spacial score (nSPS) is 11.3. The van der Waals surface area contributed by atoms with Gasteiger partial charge in [0.25, 0.3) is 0 Å². The van der Waals surface area contributed by atoms with Crippen molar-refractivity contribution in [1.82, 2.24) is 5.32 Å². The van der Waals surface area contributed by atoms with Crippen LogP contribution >= 0.6 is 11.3 Å². The van der Waals surface area contributed by atoms with Gasteiger partial charge in [0.1, 0.15) is 0 Å². The van der Waals surface area contributed by atoms with Crippen LogP contribution in [0, 0.1) is 0 Å². The second kappa shape index (κ2) is 5.78. The minimum absolute atomic E-state index is 0.513. The maximum atomic E-state index is 3.48. The molecule has 0 bridgehead atoms. The highest BCUT2D eigenvalue weighted by atomic mass is 32.1. The van der Waals surface area contributed by atoms with Gasteiger partial charge in [-0.3, -0.25) is 0 Å². The van der Waals surface area contributed by atoms with Gasteiger partial charge in [0.05, 0.1) is 0 Å². The quantitative estimate of drug-likeness (QED) is 0.704. The van der Waals surface area contributed by atoms with Gasteiger partial charge >= 0.3 is 0 Å². The van der Waals surface area contributed by atoms with Crippen LogP contribution in [-0.2, 0) is 6.54 Å². The van der Waals surface area contributed by atoms with Crippen molar-refractivity contribution >= 4 is 21.4 Å². The molecule has 0 atom stereocenters.